The lowest BCUT2D eigenvalue weighted by Gasteiger charge is -2.28. The Balaban J connectivity index is 1.74. The highest BCUT2D eigenvalue weighted by atomic mass is 32.2. The van der Waals surface area contributed by atoms with Gasteiger partial charge in [0.05, 0.1) is 27.4 Å². The Hall–Kier alpha value is -2.90. The number of ether oxygens (including phenoxy) is 3. The molecule has 0 saturated heterocycles. The fraction of sp³-hybridized carbons (Fsp3) is 0.633. The zero-order chi connectivity index (χ0) is 32.0. The van der Waals surface area contributed by atoms with Crippen molar-refractivity contribution >= 4 is 33.5 Å². The first-order valence-corrected chi connectivity index (χ1v) is 16.9. The number of aromatic nitrogens is 1. The van der Waals surface area contributed by atoms with Gasteiger partial charge in [-0.1, -0.05) is 0 Å². The van der Waals surface area contributed by atoms with Crippen molar-refractivity contribution in [3.05, 3.63) is 29.4 Å². The number of hydrogen-bond acceptors (Lipinski definition) is 9. The van der Waals surface area contributed by atoms with Gasteiger partial charge in [0, 0.05) is 35.3 Å². The number of benzene rings is 1. The minimum absolute atomic E-state index is 0.0639. The zero-order valence-electron chi connectivity index (χ0n) is 26.4. The van der Waals surface area contributed by atoms with Crippen LogP contribution in [0.4, 0.5) is 9.59 Å². The van der Waals surface area contributed by atoms with Crippen molar-refractivity contribution in [3.63, 3.8) is 0 Å². The third-order valence-electron chi connectivity index (χ3n) is 6.25. The first kappa shape index (κ1) is 34.6. The highest BCUT2D eigenvalue weighted by molar-refractivity contribution is 7.89. The van der Waals surface area contributed by atoms with Gasteiger partial charge in [-0.25, -0.2) is 27.7 Å². The summed E-state index contributed by atoms with van der Waals surface area (Å²) in [5.74, 6) is 0.585. The van der Waals surface area contributed by atoms with Crippen molar-refractivity contribution < 1.29 is 32.2 Å². The van der Waals surface area contributed by atoms with Crippen molar-refractivity contribution in [1.82, 2.24) is 20.3 Å². The van der Waals surface area contributed by atoms with Crippen LogP contribution in [0.1, 0.15) is 92.0 Å². The minimum Gasteiger partial charge on any atom is -0.492 e. The second-order valence-electron chi connectivity index (χ2n) is 13.0. The molecule has 0 radical (unpaired) electrons. The van der Waals surface area contributed by atoms with Crippen LogP contribution in [0, 0.1) is 0 Å². The van der Waals surface area contributed by atoms with E-state index in [0.29, 0.717) is 11.3 Å². The van der Waals surface area contributed by atoms with Crippen LogP contribution in [0.3, 0.4) is 0 Å². The molecule has 11 nitrogen and oxygen atoms in total. The van der Waals surface area contributed by atoms with Crippen LogP contribution in [0.25, 0.3) is 10.4 Å². The van der Waals surface area contributed by atoms with E-state index in [1.165, 1.54) is 17.4 Å². The van der Waals surface area contributed by atoms with Crippen LogP contribution in [-0.4, -0.2) is 62.0 Å². The average molecular weight is 639 g/mol. The molecule has 0 unspecified atom stereocenters. The molecule has 1 aliphatic carbocycles. The normalized spacial score (nSPS) is 17.8. The lowest BCUT2D eigenvalue weighted by atomic mass is 9.86. The molecule has 3 N–H and O–H groups in total. The summed E-state index contributed by atoms with van der Waals surface area (Å²) in [5, 5.41) is 6.51. The predicted octanol–water partition coefficient (Wildman–Crippen LogP) is 5.95. The highest BCUT2D eigenvalue weighted by Gasteiger charge is 2.29. The van der Waals surface area contributed by atoms with Gasteiger partial charge in [0.2, 0.25) is 10.0 Å². The summed E-state index contributed by atoms with van der Waals surface area (Å²) >= 11 is 1.48. The summed E-state index contributed by atoms with van der Waals surface area (Å²) in [6.45, 7) is 14.6. The van der Waals surface area contributed by atoms with E-state index >= 15 is 0 Å². The third-order valence-corrected chi connectivity index (χ3v) is 9.24. The Morgan fingerprint density at radius 1 is 1.05 bits per heavy atom. The van der Waals surface area contributed by atoms with Crippen LogP contribution < -0.4 is 20.1 Å². The molecule has 2 amide bonds. The van der Waals surface area contributed by atoms with Crippen molar-refractivity contribution in [2.24, 2.45) is 0 Å². The maximum absolute atomic E-state index is 13.5. The molecule has 1 heterocycles. The van der Waals surface area contributed by atoms with E-state index < -0.39 is 27.3 Å². The van der Waals surface area contributed by atoms with E-state index in [4.69, 9.17) is 14.2 Å². The topological polar surface area (TPSA) is 145 Å². The number of hydrogen-bond donors (Lipinski definition) is 3. The van der Waals surface area contributed by atoms with Crippen molar-refractivity contribution in [1.29, 1.82) is 0 Å². The van der Waals surface area contributed by atoms with Gasteiger partial charge in [0.1, 0.15) is 18.0 Å². The van der Waals surface area contributed by atoms with Gasteiger partial charge < -0.3 is 24.8 Å². The van der Waals surface area contributed by atoms with E-state index in [0.717, 1.165) is 35.6 Å². The van der Waals surface area contributed by atoms with E-state index in [-0.39, 0.29) is 42.2 Å². The van der Waals surface area contributed by atoms with Gasteiger partial charge in [0.25, 0.3) is 0 Å². The molecule has 13 heteroatoms. The smallest absolute Gasteiger partial charge is 0.407 e. The second kappa shape index (κ2) is 14.3. The van der Waals surface area contributed by atoms with Gasteiger partial charge in [-0.3, -0.25) is 0 Å². The summed E-state index contributed by atoms with van der Waals surface area (Å²) in [4.78, 5) is 29.4. The lowest BCUT2D eigenvalue weighted by Crippen LogP contribution is -2.40. The average Bonchev–Trinajstić information content (AvgIpc) is 3.34. The molecule has 240 valence electrons. The van der Waals surface area contributed by atoms with Crippen LogP contribution in [-0.2, 0) is 19.5 Å². The number of thiazole rings is 1. The molecular weight excluding hydrogens is 592 g/mol. The Kier molecular flexibility index (Phi) is 11.5. The van der Waals surface area contributed by atoms with E-state index in [1.807, 2.05) is 13.8 Å². The number of carbonyl (C=O) groups is 2. The van der Waals surface area contributed by atoms with E-state index in [9.17, 15) is 18.0 Å². The molecule has 0 aliphatic heterocycles. The van der Waals surface area contributed by atoms with E-state index in [2.05, 4.69) is 20.3 Å². The molecule has 1 aromatic carbocycles. The zero-order valence-corrected chi connectivity index (χ0v) is 28.0. The molecule has 1 fully saturated rings. The van der Waals surface area contributed by atoms with Gasteiger partial charge in [-0.05, 0) is 93.2 Å². The molecule has 1 saturated carbocycles. The van der Waals surface area contributed by atoms with Gasteiger partial charge in [-0.2, -0.15) is 0 Å². The predicted molar refractivity (Wildman–Crippen MR) is 167 cm³/mol. The molecule has 0 spiro atoms. The van der Waals surface area contributed by atoms with Gasteiger partial charge >= 0.3 is 12.2 Å². The number of amides is 2. The van der Waals surface area contributed by atoms with Crippen molar-refractivity contribution in [2.45, 2.75) is 115 Å². The molecule has 0 atom stereocenters. The number of nitrogens with one attached hydrogen (secondary N) is 3. The van der Waals surface area contributed by atoms with Crippen LogP contribution in [0.5, 0.6) is 5.75 Å². The maximum atomic E-state index is 13.5. The Bertz CT molecular complexity index is 1350. The van der Waals surface area contributed by atoms with Gasteiger partial charge in [0.15, 0.2) is 0 Å². The maximum Gasteiger partial charge on any atom is 0.407 e. The molecular formula is C30H46N4O7S2. The van der Waals surface area contributed by atoms with Crippen molar-refractivity contribution in [3.8, 4) is 16.2 Å². The van der Waals surface area contributed by atoms with Gasteiger partial charge in [-0.15, -0.1) is 11.3 Å². The summed E-state index contributed by atoms with van der Waals surface area (Å²) in [7, 11) is -3.92. The molecule has 43 heavy (non-hydrogen) atoms. The van der Waals surface area contributed by atoms with Crippen LogP contribution in [0.2, 0.25) is 0 Å². The third kappa shape index (κ3) is 11.3. The quantitative estimate of drug-likeness (QED) is 0.271. The standard InChI is InChI=1S/C30H46N4O7S2/c1-19(2)40-28(36)33-21-11-9-20(10-12-21)26-32-18-24(42-26)23-14-13-22(17-25(23)43(37,38)34-29(3,4)5)39-16-15-31-27(35)41-30(6,7)8/h13-14,17-21,34H,9-12,15-16H2,1-8H3,(H,31,35)(H,33,36). The number of carbonyl (C=O) groups excluding carboxylic acids is 2. The first-order chi connectivity index (χ1) is 19.9. The summed E-state index contributed by atoms with van der Waals surface area (Å²) in [5.41, 5.74) is -0.774. The minimum atomic E-state index is -3.92. The van der Waals surface area contributed by atoms with Crippen LogP contribution in [0.15, 0.2) is 29.3 Å². The fourth-order valence-electron chi connectivity index (χ4n) is 4.61. The number of rotatable bonds is 10. The van der Waals surface area contributed by atoms with E-state index in [1.54, 1.807) is 59.9 Å². The van der Waals surface area contributed by atoms with Crippen LogP contribution >= 0.6 is 11.3 Å². The molecule has 1 aliphatic rings. The lowest BCUT2D eigenvalue weighted by molar-refractivity contribution is 0.0520. The molecule has 1 aromatic heterocycles. The first-order valence-electron chi connectivity index (χ1n) is 14.6. The second-order valence-corrected chi connectivity index (χ2v) is 15.7. The Labute approximate surface area is 259 Å². The molecule has 0 bridgehead atoms. The fourth-order valence-corrected chi connectivity index (χ4v) is 7.46. The molecule has 2 aromatic rings. The number of sulfonamides is 1. The summed E-state index contributed by atoms with van der Waals surface area (Å²) in [6, 6.07) is 5.01. The Morgan fingerprint density at radius 3 is 2.33 bits per heavy atom. The highest BCUT2D eigenvalue weighted by Crippen LogP contribution is 2.40. The number of alkyl carbamates (subject to hydrolysis) is 2. The summed E-state index contributed by atoms with van der Waals surface area (Å²) < 4.78 is 46.0. The number of nitrogens with zero attached hydrogens (tertiary/aromatic N) is 1. The largest absolute Gasteiger partial charge is 0.492 e. The monoisotopic (exact) mass is 638 g/mol. The SMILES string of the molecule is CC(C)OC(=O)NC1CCC(c2ncc(-c3ccc(OCCNC(=O)OC(C)(C)C)cc3S(=O)(=O)NC(C)(C)C)s2)CC1. The van der Waals surface area contributed by atoms with Crippen molar-refractivity contribution in [2.75, 3.05) is 13.2 Å². The molecule has 3 rings (SSSR count). The Morgan fingerprint density at radius 2 is 1.72 bits per heavy atom. The summed E-state index contributed by atoms with van der Waals surface area (Å²) in [6.07, 6.45) is 3.97.